The van der Waals surface area contributed by atoms with Gasteiger partial charge in [0.05, 0.1) is 6.04 Å². The van der Waals surface area contributed by atoms with Gasteiger partial charge in [-0.1, -0.05) is 36.4 Å². The molecule has 2 nitrogen and oxygen atoms in total. The van der Waals surface area contributed by atoms with Crippen molar-refractivity contribution in [2.75, 3.05) is 7.05 Å². The maximum atomic E-state index is 11.4. The summed E-state index contributed by atoms with van der Waals surface area (Å²) in [5.41, 5.74) is 0.942. The van der Waals surface area contributed by atoms with Crippen molar-refractivity contribution in [1.82, 2.24) is 4.90 Å². The Balaban J connectivity index is 2.94. The third-order valence-electron chi connectivity index (χ3n) is 2.46. The lowest BCUT2D eigenvalue weighted by Crippen LogP contribution is -2.27. The Morgan fingerprint density at radius 1 is 1.53 bits per heavy atom. The van der Waals surface area contributed by atoms with Gasteiger partial charge in [-0.05, 0) is 24.6 Å². The van der Waals surface area contributed by atoms with Crippen LogP contribution in [0.5, 0.6) is 0 Å². The minimum absolute atomic E-state index is 0.0517. The van der Waals surface area contributed by atoms with E-state index in [9.17, 15) is 4.79 Å². The van der Waals surface area contributed by atoms with Gasteiger partial charge in [-0.2, -0.15) is 0 Å². The highest BCUT2D eigenvalue weighted by atomic mass is 35.5. The fraction of sp³-hybridized carbons (Fsp3) is 0.250. The molecule has 15 heavy (non-hydrogen) atoms. The number of amides is 1. The standard InChI is InChI=1S/C12H14ClNO/c1-4-12(15)14(3)9(2)10-7-5-6-8-11(10)13/h4-9H,1H2,2-3H3. The fourth-order valence-corrected chi connectivity index (χ4v) is 1.65. The molecule has 80 valence electrons. The monoisotopic (exact) mass is 223 g/mol. The second-order valence-corrected chi connectivity index (χ2v) is 3.76. The van der Waals surface area contributed by atoms with Gasteiger partial charge in [0.1, 0.15) is 0 Å². The first kappa shape index (κ1) is 11.8. The van der Waals surface area contributed by atoms with Gasteiger partial charge >= 0.3 is 0 Å². The number of carbonyl (C=O) groups excluding carboxylic acids is 1. The van der Waals surface area contributed by atoms with Crippen LogP contribution in [0, 0.1) is 0 Å². The Morgan fingerprint density at radius 3 is 2.67 bits per heavy atom. The fourth-order valence-electron chi connectivity index (χ4n) is 1.36. The summed E-state index contributed by atoms with van der Waals surface area (Å²) >= 11 is 6.05. The molecule has 0 radical (unpaired) electrons. The smallest absolute Gasteiger partial charge is 0.246 e. The predicted octanol–water partition coefficient (Wildman–Crippen LogP) is 3.05. The summed E-state index contributed by atoms with van der Waals surface area (Å²) in [6.45, 7) is 5.39. The number of hydrogen-bond acceptors (Lipinski definition) is 1. The molecular formula is C12H14ClNO. The van der Waals surface area contributed by atoms with E-state index in [1.807, 2.05) is 31.2 Å². The summed E-state index contributed by atoms with van der Waals surface area (Å²) in [6, 6.07) is 7.46. The van der Waals surface area contributed by atoms with Gasteiger partial charge in [-0.3, -0.25) is 4.79 Å². The van der Waals surface area contributed by atoms with E-state index >= 15 is 0 Å². The molecule has 0 saturated heterocycles. The molecule has 3 heteroatoms. The van der Waals surface area contributed by atoms with E-state index < -0.39 is 0 Å². The first-order valence-corrected chi connectivity index (χ1v) is 5.09. The molecule has 0 N–H and O–H groups in total. The number of benzene rings is 1. The molecule has 0 bridgehead atoms. The topological polar surface area (TPSA) is 20.3 Å². The van der Waals surface area contributed by atoms with Crippen molar-refractivity contribution in [2.45, 2.75) is 13.0 Å². The zero-order chi connectivity index (χ0) is 11.4. The molecule has 1 unspecified atom stereocenters. The predicted molar refractivity (Wildman–Crippen MR) is 62.8 cm³/mol. The maximum absolute atomic E-state index is 11.4. The van der Waals surface area contributed by atoms with Crippen LogP contribution >= 0.6 is 11.6 Å². The van der Waals surface area contributed by atoms with E-state index in [-0.39, 0.29) is 11.9 Å². The molecule has 0 aromatic heterocycles. The average molecular weight is 224 g/mol. The minimum atomic E-state index is -0.109. The van der Waals surface area contributed by atoms with Gasteiger partial charge in [0.2, 0.25) is 5.91 Å². The third-order valence-corrected chi connectivity index (χ3v) is 2.80. The Kier molecular flexibility index (Phi) is 3.92. The normalized spacial score (nSPS) is 11.9. The summed E-state index contributed by atoms with van der Waals surface area (Å²) in [5, 5.41) is 0.675. The van der Waals surface area contributed by atoms with E-state index in [0.717, 1.165) is 5.56 Å². The van der Waals surface area contributed by atoms with Crippen molar-refractivity contribution < 1.29 is 4.79 Å². The van der Waals surface area contributed by atoms with Crippen LogP contribution in [0.15, 0.2) is 36.9 Å². The Hall–Kier alpha value is -1.28. The Morgan fingerprint density at radius 2 is 2.13 bits per heavy atom. The molecule has 0 aliphatic heterocycles. The number of carbonyl (C=O) groups is 1. The Bertz CT molecular complexity index is 376. The summed E-state index contributed by atoms with van der Waals surface area (Å²) in [5.74, 6) is -0.109. The van der Waals surface area contributed by atoms with Crippen LogP contribution in [0.1, 0.15) is 18.5 Å². The van der Waals surface area contributed by atoms with E-state index in [0.29, 0.717) is 5.02 Å². The summed E-state index contributed by atoms with van der Waals surface area (Å²) in [6.07, 6.45) is 1.30. The first-order chi connectivity index (χ1) is 7.07. The molecule has 0 fully saturated rings. The van der Waals surface area contributed by atoms with Gasteiger partial charge in [0, 0.05) is 12.1 Å². The molecule has 0 saturated carbocycles. The van der Waals surface area contributed by atoms with Crippen LogP contribution in [0.2, 0.25) is 5.02 Å². The van der Waals surface area contributed by atoms with Gasteiger partial charge in [-0.25, -0.2) is 0 Å². The van der Waals surface area contributed by atoms with Crippen molar-refractivity contribution in [3.8, 4) is 0 Å². The number of halogens is 1. The van der Waals surface area contributed by atoms with Crippen molar-refractivity contribution in [3.05, 3.63) is 47.5 Å². The molecule has 1 aromatic rings. The van der Waals surface area contributed by atoms with Crippen LogP contribution in [-0.4, -0.2) is 17.9 Å². The second kappa shape index (κ2) is 4.99. The highest BCUT2D eigenvalue weighted by molar-refractivity contribution is 6.31. The van der Waals surface area contributed by atoms with E-state index in [1.54, 1.807) is 11.9 Å². The first-order valence-electron chi connectivity index (χ1n) is 4.71. The molecule has 0 aliphatic carbocycles. The molecule has 0 aliphatic rings. The number of rotatable bonds is 3. The molecule has 1 aromatic carbocycles. The molecule has 0 spiro atoms. The van der Waals surface area contributed by atoms with Crippen molar-refractivity contribution in [2.24, 2.45) is 0 Å². The van der Waals surface area contributed by atoms with Crippen molar-refractivity contribution >= 4 is 17.5 Å². The molecule has 1 amide bonds. The number of likely N-dealkylation sites (N-methyl/N-ethyl adjacent to an activating group) is 1. The lowest BCUT2D eigenvalue weighted by molar-refractivity contribution is -0.126. The summed E-state index contributed by atoms with van der Waals surface area (Å²) in [4.78, 5) is 13.0. The molecular weight excluding hydrogens is 210 g/mol. The van der Waals surface area contributed by atoms with Crippen LogP contribution < -0.4 is 0 Å². The zero-order valence-corrected chi connectivity index (χ0v) is 9.66. The number of hydrogen-bond donors (Lipinski definition) is 0. The number of nitrogens with zero attached hydrogens (tertiary/aromatic N) is 1. The Labute approximate surface area is 95.2 Å². The van der Waals surface area contributed by atoms with E-state index in [1.165, 1.54) is 6.08 Å². The van der Waals surface area contributed by atoms with E-state index in [2.05, 4.69) is 6.58 Å². The van der Waals surface area contributed by atoms with Crippen LogP contribution in [-0.2, 0) is 4.79 Å². The lowest BCUT2D eigenvalue weighted by Gasteiger charge is -2.24. The largest absolute Gasteiger partial charge is 0.335 e. The van der Waals surface area contributed by atoms with Gasteiger partial charge in [0.25, 0.3) is 0 Å². The van der Waals surface area contributed by atoms with Crippen molar-refractivity contribution in [1.29, 1.82) is 0 Å². The average Bonchev–Trinajstić information content (AvgIpc) is 2.26. The SMILES string of the molecule is C=CC(=O)N(C)C(C)c1ccccc1Cl. The zero-order valence-electron chi connectivity index (χ0n) is 8.90. The highest BCUT2D eigenvalue weighted by Gasteiger charge is 2.16. The highest BCUT2D eigenvalue weighted by Crippen LogP contribution is 2.26. The molecule has 1 rings (SSSR count). The minimum Gasteiger partial charge on any atom is -0.335 e. The lowest BCUT2D eigenvalue weighted by atomic mass is 10.1. The van der Waals surface area contributed by atoms with Crippen LogP contribution in [0.3, 0.4) is 0 Å². The van der Waals surface area contributed by atoms with Gasteiger partial charge in [0.15, 0.2) is 0 Å². The second-order valence-electron chi connectivity index (χ2n) is 3.35. The molecule has 1 atom stereocenters. The third kappa shape index (κ3) is 2.60. The maximum Gasteiger partial charge on any atom is 0.246 e. The van der Waals surface area contributed by atoms with Crippen LogP contribution in [0.4, 0.5) is 0 Å². The summed E-state index contributed by atoms with van der Waals surface area (Å²) in [7, 11) is 1.73. The van der Waals surface area contributed by atoms with Gasteiger partial charge in [-0.15, -0.1) is 0 Å². The summed E-state index contributed by atoms with van der Waals surface area (Å²) < 4.78 is 0. The van der Waals surface area contributed by atoms with Crippen LogP contribution in [0.25, 0.3) is 0 Å². The molecule has 0 heterocycles. The van der Waals surface area contributed by atoms with Crippen molar-refractivity contribution in [3.63, 3.8) is 0 Å². The van der Waals surface area contributed by atoms with E-state index in [4.69, 9.17) is 11.6 Å². The quantitative estimate of drug-likeness (QED) is 0.722. The van der Waals surface area contributed by atoms with Gasteiger partial charge < -0.3 is 4.90 Å².